The van der Waals surface area contributed by atoms with Crippen molar-refractivity contribution in [2.45, 2.75) is 18.6 Å². The van der Waals surface area contributed by atoms with Crippen LogP contribution in [0, 0.1) is 0 Å². The van der Waals surface area contributed by atoms with Crippen LogP contribution in [0.15, 0.2) is 34.7 Å². The van der Waals surface area contributed by atoms with Gasteiger partial charge in [-0.05, 0) is 26.0 Å². The minimum Gasteiger partial charge on any atom is -0.453 e. The largest absolute Gasteiger partial charge is 0.453 e. The average molecular weight is 266 g/mol. The van der Waals surface area contributed by atoms with Gasteiger partial charge >= 0.3 is 0 Å². The van der Waals surface area contributed by atoms with Crippen LogP contribution in [0.2, 0.25) is 0 Å². The molecule has 0 radical (unpaired) electrons. The van der Waals surface area contributed by atoms with Gasteiger partial charge in [0.25, 0.3) is 0 Å². The molecule has 96 valence electrons. The van der Waals surface area contributed by atoms with E-state index in [1.807, 2.05) is 12.1 Å². The van der Waals surface area contributed by atoms with Crippen molar-refractivity contribution >= 4 is 26.6 Å². The van der Waals surface area contributed by atoms with Crippen LogP contribution in [0.25, 0.3) is 11.0 Å². The summed E-state index contributed by atoms with van der Waals surface area (Å²) in [5, 5.41) is 0.783. The zero-order valence-corrected chi connectivity index (χ0v) is 11.2. The first-order valence-electron chi connectivity index (χ1n) is 5.46. The molecule has 5 heteroatoms. The summed E-state index contributed by atoms with van der Waals surface area (Å²) in [5.41, 5.74) is 0.574. The molecule has 0 aliphatic rings. The molecule has 1 aromatic heterocycles. The Morgan fingerprint density at radius 2 is 1.83 bits per heavy atom. The maximum Gasteiger partial charge on any atom is 0.218 e. The van der Waals surface area contributed by atoms with Gasteiger partial charge in [0, 0.05) is 11.6 Å². The number of carbonyl (C=O) groups is 1. The molecule has 1 heterocycles. The molecule has 0 fully saturated rings. The Morgan fingerprint density at radius 3 is 2.39 bits per heavy atom. The van der Waals surface area contributed by atoms with Gasteiger partial charge in [0.1, 0.15) is 10.3 Å². The summed E-state index contributed by atoms with van der Waals surface area (Å²) in [6.45, 7) is 2.77. The summed E-state index contributed by atoms with van der Waals surface area (Å²) in [5.74, 6) is -0.451. The molecule has 2 aromatic rings. The Hall–Kier alpha value is -1.62. The summed E-state index contributed by atoms with van der Waals surface area (Å²) in [7, 11) is -3.50. The Kier molecular flexibility index (Phi) is 2.81. The standard InChI is InChI=1S/C13H14O4S/c1-13(2,18(3,15)16)12(14)11-8-9-6-4-5-7-10(9)17-11/h4-8H,1-3H3. The molecule has 1 aromatic carbocycles. The van der Waals surface area contributed by atoms with Crippen molar-refractivity contribution in [1.29, 1.82) is 0 Å². The molecule has 18 heavy (non-hydrogen) atoms. The van der Waals surface area contributed by atoms with Gasteiger partial charge in [0.15, 0.2) is 15.6 Å². The van der Waals surface area contributed by atoms with Crippen molar-refractivity contribution in [3.05, 3.63) is 36.1 Å². The lowest BCUT2D eigenvalue weighted by atomic mass is 10.1. The first-order chi connectivity index (χ1) is 8.23. The average Bonchev–Trinajstić information content (AvgIpc) is 2.69. The Balaban J connectivity index is 2.52. The van der Waals surface area contributed by atoms with E-state index < -0.39 is 20.4 Å². The first kappa shape index (κ1) is 12.8. The second-order valence-electron chi connectivity index (χ2n) is 4.76. The quantitative estimate of drug-likeness (QED) is 0.800. The number of sulfone groups is 1. The second kappa shape index (κ2) is 3.95. The number of hydrogen-bond donors (Lipinski definition) is 0. The molecule has 0 aliphatic carbocycles. The molecule has 4 nitrogen and oxygen atoms in total. The number of Topliss-reactive ketones (excluding diaryl/α,β-unsaturated/α-hetero) is 1. The lowest BCUT2D eigenvalue weighted by molar-refractivity contribution is 0.0928. The maximum atomic E-state index is 12.2. The number of carbonyl (C=O) groups excluding carboxylic acids is 1. The smallest absolute Gasteiger partial charge is 0.218 e. The number of para-hydroxylation sites is 1. The minimum atomic E-state index is -3.50. The number of rotatable bonds is 3. The molecular formula is C13H14O4S. The van der Waals surface area contributed by atoms with Crippen LogP contribution < -0.4 is 0 Å². The third-order valence-electron chi connectivity index (χ3n) is 3.12. The van der Waals surface area contributed by atoms with Crippen LogP contribution in [0.5, 0.6) is 0 Å². The number of benzene rings is 1. The van der Waals surface area contributed by atoms with E-state index in [2.05, 4.69) is 0 Å². The molecule has 0 spiro atoms. The summed E-state index contributed by atoms with van der Waals surface area (Å²) < 4.78 is 27.2. The molecule has 0 saturated carbocycles. The zero-order chi connectivity index (χ0) is 13.6. The summed E-state index contributed by atoms with van der Waals surface area (Å²) in [6.07, 6.45) is 1.05. The molecule has 0 bridgehead atoms. The number of ketones is 1. The summed E-state index contributed by atoms with van der Waals surface area (Å²) >= 11 is 0. The Bertz CT molecular complexity index is 674. The van der Waals surface area contributed by atoms with Gasteiger partial charge in [0.05, 0.1) is 0 Å². The molecule has 0 aliphatic heterocycles. The predicted octanol–water partition coefficient (Wildman–Crippen LogP) is 2.44. The molecular weight excluding hydrogens is 252 g/mol. The van der Waals surface area contributed by atoms with Crippen molar-refractivity contribution < 1.29 is 17.6 Å². The van der Waals surface area contributed by atoms with E-state index in [1.165, 1.54) is 13.8 Å². The van der Waals surface area contributed by atoms with Crippen molar-refractivity contribution in [1.82, 2.24) is 0 Å². The van der Waals surface area contributed by atoms with Gasteiger partial charge in [-0.2, -0.15) is 0 Å². The number of hydrogen-bond acceptors (Lipinski definition) is 4. The third-order valence-corrected chi connectivity index (χ3v) is 5.16. The molecule has 0 N–H and O–H groups in total. The Morgan fingerprint density at radius 1 is 1.22 bits per heavy atom. The molecule has 0 amide bonds. The summed E-state index contributed by atoms with van der Waals surface area (Å²) in [4.78, 5) is 12.2. The first-order valence-corrected chi connectivity index (χ1v) is 7.35. The monoisotopic (exact) mass is 266 g/mol. The zero-order valence-electron chi connectivity index (χ0n) is 10.4. The molecule has 2 rings (SSSR count). The SMILES string of the molecule is CC(C)(C(=O)c1cc2ccccc2o1)S(C)(=O)=O. The van der Waals surface area contributed by atoms with Gasteiger partial charge < -0.3 is 4.42 Å². The van der Waals surface area contributed by atoms with Gasteiger partial charge in [-0.15, -0.1) is 0 Å². The molecule has 0 saturated heterocycles. The van der Waals surface area contributed by atoms with Crippen LogP contribution in [0.3, 0.4) is 0 Å². The normalized spacial score (nSPS) is 12.8. The van der Waals surface area contributed by atoms with E-state index in [0.717, 1.165) is 11.6 Å². The van der Waals surface area contributed by atoms with Crippen LogP contribution in [0.1, 0.15) is 24.4 Å². The van der Waals surface area contributed by atoms with Gasteiger partial charge in [0.2, 0.25) is 5.78 Å². The topological polar surface area (TPSA) is 64.3 Å². The predicted molar refractivity (Wildman–Crippen MR) is 69.5 cm³/mol. The van der Waals surface area contributed by atoms with Crippen molar-refractivity contribution in [3.8, 4) is 0 Å². The highest BCUT2D eigenvalue weighted by Gasteiger charge is 2.40. The van der Waals surface area contributed by atoms with Crippen molar-refractivity contribution in [2.24, 2.45) is 0 Å². The van der Waals surface area contributed by atoms with Gasteiger partial charge in [-0.1, -0.05) is 18.2 Å². The highest BCUT2D eigenvalue weighted by Crippen LogP contribution is 2.26. The fraction of sp³-hybridized carbons (Fsp3) is 0.308. The van der Waals surface area contributed by atoms with E-state index in [0.29, 0.717) is 5.58 Å². The molecule has 0 unspecified atom stereocenters. The van der Waals surface area contributed by atoms with E-state index in [4.69, 9.17) is 4.42 Å². The fourth-order valence-electron chi connectivity index (χ4n) is 1.56. The lowest BCUT2D eigenvalue weighted by Gasteiger charge is -2.18. The van der Waals surface area contributed by atoms with E-state index in [9.17, 15) is 13.2 Å². The van der Waals surface area contributed by atoms with E-state index in [1.54, 1.807) is 18.2 Å². The third kappa shape index (κ3) is 1.95. The van der Waals surface area contributed by atoms with Crippen LogP contribution in [-0.4, -0.2) is 25.2 Å². The Labute approximate surface area is 106 Å². The maximum absolute atomic E-state index is 12.2. The highest BCUT2D eigenvalue weighted by molar-refractivity contribution is 7.92. The summed E-state index contributed by atoms with van der Waals surface area (Å²) in [6, 6.07) is 8.74. The fourth-order valence-corrected chi connectivity index (χ4v) is 2.00. The van der Waals surface area contributed by atoms with Crippen LogP contribution in [-0.2, 0) is 9.84 Å². The van der Waals surface area contributed by atoms with Crippen molar-refractivity contribution in [2.75, 3.05) is 6.26 Å². The minimum absolute atomic E-state index is 0.0756. The van der Waals surface area contributed by atoms with E-state index >= 15 is 0 Å². The number of furan rings is 1. The van der Waals surface area contributed by atoms with E-state index in [-0.39, 0.29) is 5.76 Å². The number of fused-ring (bicyclic) bond motifs is 1. The van der Waals surface area contributed by atoms with Crippen molar-refractivity contribution in [3.63, 3.8) is 0 Å². The van der Waals surface area contributed by atoms with Crippen LogP contribution >= 0.6 is 0 Å². The highest BCUT2D eigenvalue weighted by atomic mass is 32.2. The van der Waals surface area contributed by atoms with Crippen LogP contribution in [0.4, 0.5) is 0 Å². The van der Waals surface area contributed by atoms with Gasteiger partial charge in [-0.25, -0.2) is 8.42 Å². The lowest BCUT2D eigenvalue weighted by Crippen LogP contribution is -2.39. The molecule has 0 atom stereocenters. The second-order valence-corrected chi connectivity index (χ2v) is 7.33. The van der Waals surface area contributed by atoms with Gasteiger partial charge in [-0.3, -0.25) is 4.79 Å².